The summed E-state index contributed by atoms with van der Waals surface area (Å²) in [4.78, 5) is 13.2. The summed E-state index contributed by atoms with van der Waals surface area (Å²) in [6, 6.07) is 6.44. The summed E-state index contributed by atoms with van der Waals surface area (Å²) in [6.07, 6.45) is 5.07. The molecule has 0 spiro atoms. The van der Waals surface area contributed by atoms with Crippen LogP contribution in [0, 0.1) is 0 Å². The number of rotatable bonds is 5. The number of anilines is 1. The van der Waals surface area contributed by atoms with Crippen LogP contribution in [-0.4, -0.2) is 68.0 Å². The Morgan fingerprint density at radius 3 is 2.68 bits per heavy atom. The summed E-state index contributed by atoms with van der Waals surface area (Å²) in [7, 11) is 1.59. The molecule has 0 aliphatic carbocycles. The fraction of sp³-hybridized carbons (Fsp3) is 0.526. The minimum atomic E-state index is 0.380. The largest absolute Gasteiger partial charge is 0.467 e. The average Bonchev–Trinajstić information content (AvgIpc) is 3.11. The van der Waals surface area contributed by atoms with Gasteiger partial charge >= 0.3 is 6.01 Å². The van der Waals surface area contributed by atoms with E-state index in [-0.39, 0.29) is 0 Å². The molecule has 9 heteroatoms. The Balaban J connectivity index is 1.27. The quantitative estimate of drug-likeness (QED) is 0.659. The molecule has 0 amide bonds. The molecule has 0 N–H and O–H groups in total. The second-order valence-corrected chi connectivity index (χ2v) is 7.45. The summed E-state index contributed by atoms with van der Waals surface area (Å²) in [5, 5.41) is 13.6. The molecule has 2 fully saturated rings. The van der Waals surface area contributed by atoms with Gasteiger partial charge in [0.2, 0.25) is 0 Å². The van der Waals surface area contributed by atoms with Crippen molar-refractivity contribution < 1.29 is 4.74 Å². The van der Waals surface area contributed by atoms with E-state index >= 15 is 0 Å². The first kappa shape index (κ1) is 17.3. The highest BCUT2D eigenvalue weighted by Gasteiger charge is 2.26. The summed E-state index contributed by atoms with van der Waals surface area (Å²) in [5.41, 5.74) is 1.81. The minimum absolute atomic E-state index is 0.380. The first-order valence-electron chi connectivity index (χ1n) is 9.86. The third-order valence-corrected chi connectivity index (χ3v) is 5.66. The lowest BCUT2D eigenvalue weighted by atomic mass is 9.96. The Morgan fingerprint density at radius 1 is 1.07 bits per heavy atom. The van der Waals surface area contributed by atoms with Crippen LogP contribution in [0.2, 0.25) is 0 Å². The molecule has 5 rings (SSSR count). The molecule has 3 aromatic rings. The highest BCUT2D eigenvalue weighted by Crippen LogP contribution is 2.28. The van der Waals surface area contributed by atoms with Crippen LogP contribution in [0.3, 0.4) is 0 Å². The van der Waals surface area contributed by atoms with Gasteiger partial charge < -0.3 is 9.64 Å². The molecule has 3 aromatic heterocycles. The molecule has 146 valence electrons. The molecule has 0 aromatic carbocycles. The number of piperidine rings is 1. The Hall–Kier alpha value is -2.81. The number of ether oxygens (including phenoxy) is 1. The second-order valence-electron chi connectivity index (χ2n) is 7.45. The zero-order valence-electron chi connectivity index (χ0n) is 16.0. The Bertz CT molecular complexity index is 961. The van der Waals surface area contributed by atoms with Gasteiger partial charge in [0.05, 0.1) is 12.8 Å². The predicted octanol–water partition coefficient (Wildman–Crippen LogP) is 1.51. The van der Waals surface area contributed by atoms with Gasteiger partial charge in [-0.1, -0.05) is 0 Å². The van der Waals surface area contributed by atoms with Crippen LogP contribution in [0.15, 0.2) is 24.4 Å². The first-order valence-corrected chi connectivity index (χ1v) is 9.86. The molecule has 0 bridgehead atoms. The SMILES string of the molecule is COc1nccc(CN2CCC(c3nnc4ccc(N5CCC5)nn34)CC2)n1. The molecule has 5 heterocycles. The van der Waals surface area contributed by atoms with Crippen molar-refractivity contribution in [2.24, 2.45) is 0 Å². The van der Waals surface area contributed by atoms with Crippen LogP contribution in [0.25, 0.3) is 5.65 Å². The van der Waals surface area contributed by atoms with E-state index < -0.39 is 0 Å². The zero-order valence-corrected chi connectivity index (χ0v) is 16.0. The summed E-state index contributed by atoms with van der Waals surface area (Å²) < 4.78 is 7.07. The highest BCUT2D eigenvalue weighted by molar-refractivity contribution is 5.47. The molecule has 0 radical (unpaired) electrons. The van der Waals surface area contributed by atoms with Gasteiger partial charge in [-0.3, -0.25) is 4.90 Å². The van der Waals surface area contributed by atoms with Crippen molar-refractivity contribution in [3.05, 3.63) is 35.9 Å². The highest BCUT2D eigenvalue weighted by atomic mass is 16.5. The second kappa shape index (κ2) is 7.31. The molecule has 0 atom stereocenters. The van der Waals surface area contributed by atoms with E-state index in [4.69, 9.17) is 9.84 Å². The Morgan fingerprint density at radius 2 is 1.93 bits per heavy atom. The van der Waals surface area contributed by atoms with E-state index in [1.165, 1.54) is 6.42 Å². The smallest absolute Gasteiger partial charge is 0.316 e. The maximum absolute atomic E-state index is 5.12. The van der Waals surface area contributed by atoms with Crippen LogP contribution in [0.1, 0.15) is 36.7 Å². The zero-order chi connectivity index (χ0) is 18.9. The molecule has 2 aliphatic rings. The fourth-order valence-electron chi connectivity index (χ4n) is 3.91. The van der Waals surface area contributed by atoms with Crippen molar-refractivity contribution in [1.82, 2.24) is 34.7 Å². The summed E-state index contributed by atoms with van der Waals surface area (Å²) in [5.74, 6) is 2.39. The molecule has 9 nitrogen and oxygen atoms in total. The number of hydrogen-bond donors (Lipinski definition) is 0. The van der Waals surface area contributed by atoms with Crippen molar-refractivity contribution in [2.45, 2.75) is 31.7 Å². The van der Waals surface area contributed by atoms with Crippen molar-refractivity contribution in [2.75, 3.05) is 38.2 Å². The normalized spacial score (nSPS) is 18.4. The number of hydrogen-bond acceptors (Lipinski definition) is 8. The van der Waals surface area contributed by atoms with Gasteiger partial charge in [0.1, 0.15) is 5.82 Å². The standard InChI is InChI=1S/C19H24N8O/c1-28-19-20-8-5-15(21-19)13-25-11-6-14(7-12-25)18-23-22-16-3-4-17(24-27(16)18)26-9-2-10-26/h3-5,8,14H,2,6-7,9-13H2,1H3. The maximum Gasteiger partial charge on any atom is 0.316 e. The van der Waals surface area contributed by atoms with Crippen molar-refractivity contribution in [1.29, 1.82) is 0 Å². The Kier molecular flexibility index (Phi) is 4.52. The lowest BCUT2D eigenvalue weighted by Crippen LogP contribution is -2.38. The summed E-state index contributed by atoms with van der Waals surface area (Å²) in [6.45, 7) is 4.98. The molecular weight excluding hydrogens is 356 g/mol. The number of nitrogens with zero attached hydrogens (tertiary/aromatic N) is 8. The molecule has 2 aliphatic heterocycles. The van der Waals surface area contributed by atoms with Gasteiger partial charge in [-0.25, -0.2) is 4.98 Å². The van der Waals surface area contributed by atoms with E-state index in [0.717, 1.165) is 68.5 Å². The molecule has 0 saturated carbocycles. The third kappa shape index (κ3) is 3.26. The maximum atomic E-state index is 5.12. The molecule has 0 unspecified atom stereocenters. The molecular formula is C19H24N8O. The Labute approximate surface area is 163 Å². The van der Waals surface area contributed by atoms with Gasteiger partial charge in [0.15, 0.2) is 11.5 Å². The number of fused-ring (bicyclic) bond motifs is 1. The average molecular weight is 380 g/mol. The number of aromatic nitrogens is 6. The van der Waals surface area contributed by atoms with E-state index in [2.05, 4.69) is 30.0 Å². The van der Waals surface area contributed by atoms with Gasteiger partial charge in [-0.2, -0.15) is 9.50 Å². The topological polar surface area (TPSA) is 84.6 Å². The van der Waals surface area contributed by atoms with Crippen LogP contribution in [-0.2, 0) is 6.54 Å². The van der Waals surface area contributed by atoms with E-state index in [9.17, 15) is 0 Å². The monoisotopic (exact) mass is 380 g/mol. The third-order valence-electron chi connectivity index (χ3n) is 5.66. The lowest BCUT2D eigenvalue weighted by Gasteiger charge is -2.32. The molecule has 2 saturated heterocycles. The van der Waals surface area contributed by atoms with Crippen molar-refractivity contribution >= 4 is 11.5 Å². The van der Waals surface area contributed by atoms with Crippen molar-refractivity contribution in [3.63, 3.8) is 0 Å². The van der Waals surface area contributed by atoms with E-state index in [0.29, 0.717) is 11.9 Å². The minimum Gasteiger partial charge on any atom is -0.467 e. The van der Waals surface area contributed by atoms with Crippen LogP contribution in [0.5, 0.6) is 6.01 Å². The first-order chi connectivity index (χ1) is 13.8. The van der Waals surface area contributed by atoms with Crippen LogP contribution >= 0.6 is 0 Å². The van der Waals surface area contributed by atoms with E-state index in [1.807, 2.05) is 22.7 Å². The van der Waals surface area contributed by atoms with Crippen molar-refractivity contribution in [3.8, 4) is 6.01 Å². The van der Waals surface area contributed by atoms with Crippen LogP contribution in [0.4, 0.5) is 5.82 Å². The van der Waals surface area contributed by atoms with E-state index in [1.54, 1.807) is 13.3 Å². The molecule has 28 heavy (non-hydrogen) atoms. The van der Waals surface area contributed by atoms with Gasteiger partial charge in [-0.15, -0.1) is 15.3 Å². The number of likely N-dealkylation sites (tertiary alicyclic amines) is 1. The van der Waals surface area contributed by atoms with Gasteiger partial charge in [0, 0.05) is 31.7 Å². The van der Waals surface area contributed by atoms with Gasteiger partial charge in [-0.05, 0) is 50.6 Å². The number of methoxy groups -OCH3 is 1. The van der Waals surface area contributed by atoms with Crippen LogP contribution < -0.4 is 9.64 Å². The van der Waals surface area contributed by atoms with Gasteiger partial charge in [0.25, 0.3) is 0 Å². The fourth-order valence-corrected chi connectivity index (χ4v) is 3.91. The predicted molar refractivity (Wildman–Crippen MR) is 103 cm³/mol. The lowest BCUT2D eigenvalue weighted by molar-refractivity contribution is 0.198. The summed E-state index contributed by atoms with van der Waals surface area (Å²) >= 11 is 0.